The molecule has 0 saturated carbocycles. The van der Waals surface area contributed by atoms with Crippen LogP contribution in [0.15, 0.2) is 53.4 Å². The van der Waals surface area contributed by atoms with E-state index in [-0.39, 0.29) is 5.56 Å². The number of nitrogens with zero attached hydrogens (tertiary/aromatic N) is 1. The van der Waals surface area contributed by atoms with Crippen LogP contribution in [0.25, 0.3) is 0 Å². The molecule has 0 radical (unpaired) electrons. The van der Waals surface area contributed by atoms with Crippen LogP contribution < -0.4 is 10.2 Å². The lowest BCUT2D eigenvalue weighted by Crippen LogP contribution is -2.21. The number of amides is 1. The maximum atomic E-state index is 12.6. The van der Waals surface area contributed by atoms with E-state index in [1.54, 1.807) is 6.07 Å². The SMILES string of the molecule is O=C(Nc1ccccc1N1CCCC1)c1ccc(S(=O)(=O)C(F)F)cc1. The fourth-order valence-corrected chi connectivity index (χ4v) is 3.63. The first kappa shape index (κ1) is 18.3. The number of benzene rings is 2. The number of para-hydroxylation sites is 2. The van der Waals surface area contributed by atoms with Gasteiger partial charge in [0.05, 0.1) is 16.3 Å². The van der Waals surface area contributed by atoms with Gasteiger partial charge in [-0.1, -0.05) is 12.1 Å². The number of halogens is 2. The fourth-order valence-electron chi connectivity index (χ4n) is 2.91. The number of carbonyl (C=O) groups is 1. The second-order valence-electron chi connectivity index (χ2n) is 6.00. The van der Waals surface area contributed by atoms with Gasteiger partial charge in [-0.3, -0.25) is 4.79 Å². The predicted molar refractivity (Wildman–Crippen MR) is 95.5 cm³/mol. The first-order valence-corrected chi connectivity index (χ1v) is 9.71. The average Bonchev–Trinajstić information content (AvgIpc) is 3.16. The highest BCUT2D eigenvalue weighted by Gasteiger charge is 2.26. The van der Waals surface area contributed by atoms with Crippen LogP contribution in [0.3, 0.4) is 0 Å². The number of rotatable bonds is 5. The molecule has 1 amide bonds. The first-order chi connectivity index (χ1) is 12.4. The summed E-state index contributed by atoms with van der Waals surface area (Å²) in [5.41, 5.74) is 1.77. The number of carbonyl (C=O) groups excluding carboxylic acids is 1. The zero-order valence-corrected chi connectivity index (χ0v) is 14.7. The van der Waals surface area contributed by atoms with Crippen molar-refractivity contribution in [3.05, 3.63) is 54.1 Å². The van der Waals surface area contributed by atoms with Crippen molar-refractivity contribution >= 4 is 27.1 Å². The molecule has 0 aromatic heterocycles. The fraction of sp³-hybridized carbons (Fsp3) is 0.278. The lowest BCUT2D eigenvalue weighted by molar-refractivity contribution is 0.102. The van der Waals surface area contributed by atoms with Crippen molar-refractivity contribution in [2.24, 2.45) is 0 Å². The maximum absolute atomic E-state index is 12.6. The lowest BCUT2D eigenvalue weighted by atomic mass is 10.2. The number of nitrogens with one attached hydrogen (secondary N) is 1. The van der Waals surface area contributed by atoms with Gasteiger partial charge >= 0.3 is 5.76 Å². The minimum Gasteiger partial charge on any atom is -0.370 e. The number of alkyl halides is 2. The topological polar surface area (TPSA) is 66.5 Å². The third kappa shape index (κ3) is 3.70. The average molecular weight is 380 g/mol. The lowest BCUT2D eigenvalue weighted by Gasteiger charge is -2.21. The molecule has 0 atom stereocenters. The smallest absolute Gasteiger partial charge is 0.341 e. The van der Waals surface area contributed by atoms with Crippen molar-refractivity contribution in [1.29, 1.82) is 0 Å². The van der Waals surface area contributed by atoms with Gasteiger partial charge in [-0.15, -0.1) is 0 Å². The third-order valence-corrected chi connectivity index (χ3v) is 5.68. The monoisotopic (exact) mass is 380 g/mol. The molecule has 1 fully saturated rings. The van der Waals surface area contributed by atoms with Crippen LogP contribution in [0.5, 0.6) is 0 Å². The Hall–Kier alpha value is -2.48. The highest BCUT2D eigenvalue weighted by molar-refractivity contribution is 7.91. The van der Waals surface area contributed by atoms with E-state index in [9.17, 15) is 22.0 Å². The van der Waals surface area contributed by atoms with E-state index in [2.05, 4.69) is 10.2 Å². The van der Waals surface area contributed by atoms with Gasteiger partial charge in [0.2, 0.25) is 9.84 Å². The van der Waals surface area contributed by atoms with E-state index in [1.165, 1.54) is 12.1 Å². The summed E-state index contributed by atoms with van der Waals surface area (Å²) in [4.78, 5) is 14.1. The van der Waals surface area contributed by atoms with Crippen LogP contribution >= 0.6 is 0 Å². The van der Waals surface area contributed by atoms with E-state index < -0.39 is 26.4 Å². The van der Waals surface area contributed by atoms with Crippen molar-refractivity contribution in [2.75, 3.05) is 23.3 Å². The number of hydrogen-bond donors (Lipinski definition) is 1. The number of hydrogen-bond acceptors (Lipinski definition) is 4. The Bertz CT molecular complexity index is 893. The molecule has 0 spiro atoms. The molecule has 138 valence electrons. The Balaban J connectivity index is 1.79. The minimum atomic E-state index is -4.67. The quantitative estimate of drug-likeness (QED) is 0.862. The van der Waals surface area contributed by atoms with Gasteiger partial charge in [-0.05, 0) is 49.2 Å². The number of sulfone groups is 1. The van der Waals surface area contributed by atoms with Crippen LogP contribution in [0.4, 0.5) is 20.2 Å². The Morgan fingerprint density at radius 1 is 1.00 bits per heavy atom. The summed E-state index contributed by atoms with van der Waals surface area (Å²) in [7, 11) is -4.67. The molecule has 2 aromatic carbocycles. The number of anilines is 2. The van der Waals surface area contributed by atoms with E-state index in [0.29, 0.717) is 5.69 Å². The maximum Gasteiger partial charge on any atom is 0.341 e. The molecule has 8 heteroatoms. The molecule has 1 aliphatic rings. The van der Waals surface area contributed by atoms with Crippen LogP contribution in [-0.4, -0.2) is 33.2 Å². The summed E-state index contributed by atoms with van der Waals surface area (Å²) in [6, 6.07) is 11.9. The van der Waals surface area contributed by atoms with E-state index in [1.807, 2.05) is 18.2 Å². The van der Waals surface area contributed by atoms with Crippen LogP contribution in [0.1, 0.15) is 23.2 Å². The normalized spacial score (nSPS) is 14.7. The van der Waals surface area contributed by atoms with E-state index >= 15 is 0 Å². The van der Waals surface area contributed by atoms with E-state index in [0.717, 1.165) is 43.8 Å². The Morgan fingerprint density at radius 2 is 1.62 bits per heavy atom. The largest absolute Gasteiger partial charge is 0.370 e. The Labute approximate surface area is 150 Å². The molecule has 0 unspecified atom stereocenters. The van der Waals surface area contributed by atoms with E-state index in [4.69, 9.17) is 0 Å². The molecule has 0 aliphatic carbocycles. The van der Waals surface area contributed by atoms with Crippen LogP contribution in [0.2, 0.25) is 0 Å². The second kappa shape index (κ2) is 7.41. The van der Waals surface area contributed by atoms with Gasteiger partial charge in [0, 0.05) is 18.7 Å². The summed E-state index contributed by atoms with van der Waals surface area (Å²) in [5, 5.41) is 2.81. The van der Waals surface area contributed by atoms with Crippen LogP contribution in [-0.2, 0) is 9.84 Å². The highest BCUT2D eigenvalue weighted by atomic mass is 32.2. The van der Waals surface area contributed by atoms with Crippen molar-refractivity contribution < 1.29 is 22.0 Å². The summed E-state index contributed by atoms with van der Waals surface area (Å²) in [6.45, 7) is 1.85. The molecule has 1 aliphatic heterocycles. The zero-order valence-electron chi connectivity index (χ0n) is 13.9. The molecule has 2 aromatic rings. The molecule has 1 saturated heterocycles. The van der Waals surface area contributed by atoms with Crippen molar-refractivity contribution in [1.82, 2.24) is 0 Å². The third-order valence-electron chi connectivity index (χ3n) is 4.28. The molecule has 3 rings (SSSR count). The Kier molecular flexibility index (Phi) is 5.22. The van der Waals surface area contributed by atoms with Crippen molar-refractivity contribution in [3.8, 4) is 0 Å². The zero-order chi connectivity index (χ0) is 18.7. The molecule has 1 heterocycles. The molecule has 5 nitrogen and oxygen atoms in total. The highest BCUT2D eigenvalue weighted by Crippen LogP contribution is 2.29. The van der Waals surface area contributed by atoms with Gasteiger partial charge in [0.1, 0.15) is 0 Å². The molecule has 1 N–H and O–H groups in total. The summed E-state index contributed by atoms with van der Waals surface area (Å²) in [6.07, 6.45) is 2.20. The second-order valence-corrected chi connectivity index (χ2v) is 7.91. The van der Waals surface area contributed by atoms with Gasteiger partial charge < -0.3 is 10.2 Å². The van der Waals surface area contributed by atoms with Crippen LogP contribution in [0, 0.1) is 0 Å². The summed E-state index contributed by atoms with van der Waals surface area (Å²) in [5.74, 6) is -3.92. The van der Waals surface area contributed by atoms with Gasteiger partial charge in [0.15, 0.2) is 0 Å². The predicted octanol–water partition coefficient (Wildman–Crippen LogP) is 3.54. The van der Waals surface area contributed by atoms with Gasteiger partial charge in [0.25, 0.3) is 5.91 Å². The van der Waals surface area contributed by atoms with Gasteiger partial charge in [-0.2, -0.15) is 8.78 Å². The first-order valence-electron chi connectivity index (χ1n) is 8.17. The van der Waals surface area contributed by atoms with Gasteiger partial charge in [-0.25, -0.2) is 8.42 Å². The summed E-state index contributed by atoms with van der Waals surface area (Å²) >= 11 is 0. The standard InChI is InChI=1S/C18H18F2N2O3S/c19-18(20)26(24,25)14-9-7-13(8-10-14)17(23)21-15-5-1-2-6-16(15)22-11-3-4-12-22/h1-2,5-10,18H,3-4,11-12H2,(H,21,23). The molecular weight excluding hydrogens is 362 g/mol. The minimum absolute atomic E-state index is 0.189. The molecule has 0 bridgehead atoms. The molecular formula is C18H18F2N2O3S. The molecule has 26 heavy (non-hydrogen) atoms. The summed E-state index contributed by atoms with van der Waals surface area (Å²) < 4.78 is 48.0. The Morgan fingerprint density at radius 3 is 2.23 bits per heavy atom. The van der Waals surface area contributed by atoms with Crippen molar-refractivity contribution in [3.63, 3.8) is 0 Å². The van der Waals surface area contributed by atoms with Crippen molar-refractivity contribution in [2.45, 2.75) is 23.5 Å².